The Balaban J connectivity index is 2.15. The Morgan fingerprint density at radius 2 is 1.48 bits per heavy atom. The van der Waals surface area contributed by atoms with E-state index in [-0.39, 0.29) is 18.6 Å². The second kappa shape index (κ2) is 7.99. The van der Waals surface area contributed by atoms with Crippen LogP contribution in [0.1, 0.15) is 31.9 Å². The Bertz CT molecular complexity index is 727. The molecule has 0 amide bonds. The van der Waals surface area contributed by atoms with E-state index in [1.165, 1.54) is 0 Å². The summed E-state index contributed by atoms with van der Waals surface area (Å²) in [7, 11) is 0. The highest BCUT2D eigenvalue weighted by atomic mass is 16.5. The topological polar surface area (TPSA) is 55.8 Å². The maximum atomic E-state index is 11.6. The van der Waals surface area contributed by atoms with Crippen LogP contribution in [0.2, 0.25) is 0 Å². The van der Waals surface area contributed by atoms with E-state index < -0.39 is 5.97 Å². The highest BCUT2D eigenvalue weighted by Gasteiger charge is 2.23. The van der Waals surface area contributed by atoms with E-state index in [1.54, 1.807) is 19.1 Å². The van der Waals surface area contributed by atoms with E-state index in [9.17, 15) is 4.79 Å². The number of rotatable bonds is 7. The average Bonchev–Trinajstić information content (AvgIpc) is 2.60. The lowest BCUT2D eigenvalue weighted by Gasteiger charge is -2.26. The SMILES string of the molecule is C=C(C)C(=O)Oc1ccc(C(C)(C)c2ccc(OCCO)cc2)cc1. The molecule has 0 bridgehead atoms. The van der Waals surface area contributed by atoms with Crippen LogP contribution in [0.4, 0.5) is 0 Å². The van der Waals surface area contributed by atoms with Gasteiger partial charge in [0, 0.05) is 11.0 Å². The van der Waals surface area contributed by atoms with Gasteiger partial charge in [0.15, 0.2) is 0 Å². The summed E-state index contributed by atoms with van der Waals surface area (Å²) < 4.78 is 10.6. The summed E-state index contributed by atoms with van der Waals surface area (Å²) in [6, 6.07) is 15.3. The molecule has 0 atom stereocenters. The number of carbonyl (C=O) groups excluding carboxylic acids is 1. The van der Waals surface area contributed by atoms with Gasteiger partial charge in [-0.2, -0.15) is 0 Å². The molecular formula is C21H24O4. The third-order valence-corrected chi connectivity index (χ3v) is 4.07. The van der Waals surface area contributed by atoms with Crippen molar-refractivity contribution in [2.24, 2.45) is 0 Å². The largest absolute Gasteiger partial charge is 0.491 e. The first kappa shape index (κ1) is 18.7. The number of esters is 1. The van der Waals surface area contributed by atoms with Crippen LogP contribution in [0.5, 0.6) is 11.5 Å². The number of aliphatic hydroxyl groups excluding tert-OH is 1. The Hall–Kier alpha value is -2.59. The number of hydrogen-bond acceptors (Lipinski definition) is 4. The minimum Gasteiger partial charge on any atom is -0.491 e. The summed E-state index contributed by atoms with van der Waals surface area (Å²) in [4.78, 5) is 11.6. The third-order valence-electron chi connectivity index (χ3n) is 4.07. The highest BCUT2D eigenvalue weighted by Crippen LogP contribution is 2.33. The monoisotopic (exact) mass is 340 g/mol. The lowest BCUT2D eigenvalue weighted by molar-refractivity contribution is -0.130. The zero-order chi connectivity index (χ0) is 18.4. The zero-order valence-corrected chi connectivity index (χ0v) is 14.9. The summed E-state index contributed by atoms with van der Waals surface area (Å²) in [5.41, 5.74) is 2.39. The summed E-state index contributed by atoms with van der Waals surface area (Å²) in [5.74, 6) is 0.807. The molecule has 0 heterocycles. The second-order valence-electron chi connectivity index (χ2n) is 6.42. The molecule has 0 saturated heterocycles. The molecule has 0 aliphatic rings. The van der Waals surface area contributed by atoms with Crippen LogP contribution in [0.25, 0.3) is 0 Å². The molecular weight excluding hydrogens is 316 g/mol. The molecule has 0 aromatic heterocycles. The summed E-state index contributed by atoms with van der Waals surface area (Å²) in [6.45, 7) is 9.73. The van der Waals surface area contributed by atoms with Crippen LogP contribution in [-0.4, -0.2) is 24.3 Å². The van der Waals surface area contributed by atoms with E-state index in [0.29, 0.717) is 11.3 Å². The molecule has 4 nitrogen and oxygen atoms in total. The maximum Gasteiger partial charge on any atom is 0.338 e. The van der Waals surface area contributed by atoms with Crippen LogP contribution in [0.15, 0.2) is 60.7 Å². The van der Waals surface area contributed by atoms with Gasteiger partial charge in [0.1, 0.15) is 18.1 Å². The number of hydrogen-bond donors (Lipinski definition) is 1. The number of aliphatic hydroxyl groups is 1. The molecule has 1 N–H and O–H groups in total. The van der Waals surface area contributed by atoms with Gasteiger partial charge in [0.25, 0.3) is 0 Å². The highest BCUT2D eigenvalue weighted by molar-refractivity contribution is 5.88. The van der Waals surface area contributed by atoms with Crippen LogP contribution < -0.4 is 9.47 Å². The Kier molecular flexibility index (Phi) is 5.99. The molecule has 0 aliphatic carbocycles. The number of carbonyl (C=O) groups is 1. The lowest BCUT2D eigenvalue weighted by Crippen LogP contribution is -2.19. The van der Waals surface area contributed by atoms with Gasteiger partial charge < -0.3 is 14.6 Å². The molecule has 0 radical (unpaired) electrons. The standard InChI is InChI=1S/C21H24O4/c1-15(2)20(23)25-19-11-7-17(8-12-19)21(3,4)16-5-9-18(10-6-16)24-14-13-22/h5-12,22H,1,13-14H2,2-4H3. The summed E-state index contributed by atoms with van der Waals surface area (Å²) in [6.07, 6.45) is 0. The Morgan fingerprint density at radius 1 is 1.00 bits per heavy atom. The minimum atomic E-state index is -0.425. The first-order chi connectivity index (χ1) is 11.8. The molecule has 25 heavy (non-hydrogen) atoms. The number of benzene rings is 2. The molecule has 0 saturated carbocycles. The molecule has 0 aliphatic heterocycles. The van der Waals surface area contributed by atoms with Crippen molar-refractivity contribution in [3.05, 3.63) is 71.8 Å². The van der Waals surface area contributed by atoms with Crippen molar-refractivity contribution >= 4 is 5.97 Å². The molecule has 2 aromatic rings. The van der Waals surface area contributed by atoms with Crippen molar-refractivity contribution in [3.8, 4) is 11.5 Å². The van der Waals surface area contributed by atoms with Crippen molar-refractivity contribution in [2.75, 3.05) is 13.2 Å². The molecule has 0 spiro atoms. The smallest absolute Gasteiger partial charge is 0.338 e. The van der Waals surface area contributed by atoms with Gasteiger partial charge in [-0.15, -0.1) is 0 Å². The second-order valence-corrected chi connectivity index (χ2v) is 6.42. The van der Waals surface area contributed by atoms with Crippen molar-refractivity contribution in [3.63, 3.8) is 0 Å². The molecule has 132 valence electrons. The fraction of sp³-hybridized carbons (Fsp3) is 0.286. The van der Waals surface area contributed by atoms with E-state index in [4.69, 9.17) is 14.6 Å². The van der Waals surface area contributed by atoms with E-state index >= 15 is 0 Å². The van der Waals surface area contributed by atoms with E-state index in [0.717, 1.165) is 16.9 Å². The van der Waals surface area contributed by atoms with Gasteiger partial charge in [-0.3, -0.25) is 0 Å². The van der Waals surface area contributed by atoms with Crippen LogP contribution in [-0.2, 0) is 10.2 Å². The van der Waals surface area contributed by atoms with Gasteiger partial charge in [0.05, 0.1) is 6.61 Å². The normalized spacial score (nSPS) is 11.0. The van der Waals surface area contributed by atoms with E-state index in [2.05, 4.69) is 20.4 Å². The van der Waals surface area contributed by atoms with Crippen LogP contribution >= 0.6 is 0 Å². The van der Waals surface area contributed by atoms with Crippen LogP contribution in [0.3, 0.4) is 0 Å². The summed E-state index contributed by atoms with van der Waals surface area (Å²) >= 11 is 0. The van der Waals surface area contributed by atoms with Crippen molar-refractivity contribution in [1.82, 2.24) is 0 Å². The molecule has 2 aromatic carbocycles. The first-order valence-corrected chi connectivity index (χ1v) is 8.17. The van der Waals surface area contributed by atoms with Gasteiger partial charge in [-0.1, -0.05) is 44.7 Å². The quantitative estimate of drug-likeness (QED) is 0.472. The molecule has 0 unspecified atom stereocenters. The average molecular weight is 340 g/mol. The van der Waals surface area contributed by atoms with Crippen molar-refractivity contribution in [2.45, 2.75) is 26.2 Å². The van der Waals surface area contributed by atoms with Gasteiger partial charge in [-0.05, 0) is 42.3 Å². The van der Waals surface area contributed by atoms with Gasteiger partial charge in [0.2, 0.25) is 0 Å². The molecule has 0 fully saturated rings. The maximum absolute atomic E-state index is 11.6. The molecule has 2 rings (SSSR count). The fourth-order valence-corrected chi connectivity index (χ4v) is 2.43. The predicted molar refractivity (Wildman–Crippen MR) is 98.0 cm³/mol. The van der Waals surface area contributed by atoms with Gasteiger partial charge in [-0.25, -0.2) is 4.79 Å². The number of ether oxygens (including phenoxy) is 2. The first-order valence-electron chi connectivity index (χ1n) is 8.17. The third kappa shape index (κ3) is 4.70. The van der Waals surface area contributed by atoms with Crippen molar-refractivity contribution in [1.29, 1.82) is 0 Å². The fourth-order valence-electron chi connectivity index (χ4n) is 2.43. The minimum absolute atomic E-state index is 0.00442. The zero-order valence-electron chi connectivity index (χ0n) is 14.9. The van der Waals surface area contributed by atoms with Gasteiger partial charge >= 0.3 is 5.97 Å². The predicted octanol–water partition coefficient (Wildman–Crippen LogP) is 3.87. The van der Waals surface area contributed by atoms with Crippen LogP contribution in [0, 0.1) is 0 Å². The lowest BCUT2D eigenvalue weighted by atomic mass is 9.78. The molecule has 4 heteroatoms. The van der Waals surface area contributed by atoms with E-state index in [1.807, 2.05) is 36.4 Å². The van der Waals surface area contributed by atoms with Crippen molar-refractivity contribution < 1.29 is 19.4 Å². The summed E-state index contributed by atoms with van der Waals surface area (Å²) in [5, 5.41) is 8.81. The Morgan fingerprint density at radius 3 is 1.92 bits per heavy atom. The Labute approximate surface area is 148 Å².